The topological polar surface area (TPSA) is 16.1 Å². The van der Waals surface area contributed by atoms with Crippen LogP contribution in [0.2, 0.25) is 0 Å². The second-order valence-electron chi connectivity index (χ2n) is 10.3. The molecule has 0 amide bonds. The van der Waals surface area contributed by atoms with Crippen molar-refractivity contribution in [3.05, 3.63) is 133 Å². The van der Waals surface area contributed by atoms with E-state index in [0.717, 1.165) is 16.4 Å². The van der Waals surface area contributed by atoms with Gasteiger partial charge in [0, 0.05) is 53.3 Å². The highest BCUT2D eigenvalue weighted by atomic mass is 32.1. The minimum Gasteiger partial charge on any atom is -0.309 e. The highest BCUT2D eigenvalue weighted by molar-refractivity contribution is 7.26. The lowest BCUT2D eigenvalue weighted by Crippen LogP contribution is -2.10. The predicted molar refractivity (Wildman–Crippen MR) is 177 cm³/mol. The molecule has 9 rings (SSSR count). The Hall–Kier alpha value is -4.77. The summed E-state index contributed by atoms with van der Waals surface area (Å²) in [6, 6.07) is 48.0. The number of hydrogen-bond donors (Lipinski definition) is 0. The molecule has 0 spiro atoms. The van der Waals surface area contributed by atoms with Crippen LogP contribution in [0.3, 0.4) is 0 Å². The van der Waals surface area contributed by atoms with Gasteiger partial charge in [-0.15, -0.1) is 22.7 Å². The molecular formula is C37H22N2S2. The zero-order chi connectivity index (χ0) is 26.9. The Labute approximate surface area is 245 Å². The molecule has 1 aliphatic carbocycles. The van der Waals surface area contributed by atoms with Crippen LogP contribution < -0.4 is 4.90 Å². The Morgan fingerprint density at radius 2 is 1.22 bits per heavy atom. The molecule has 0 N–H and O–H groups in total. The molecule has 6 aromatic carbocycles. The van der Waals surface area contributed by atoms with Crippen LogP contribution in [-0.2, 0) is 0 Å². The van der Waals surface area contributed by atoms with Crippen molar-refractivity contribution in [1.29, 1.82) is 0 Å². The summed E-state index contributed by atoms with van der Waals surface area (Å²) in [5.74, 6) is 0. The lowest BCUT2D eigenvalue weighted by atomic mass is 10.0. The van der Waals surface area contributed by atoms with Crippen molar-refractivity contribution in [3.8, 4) is 32.3 Å². The first-order valence-corrected chi connectivity index (χ1v) is 15.4. The number of rotatable bonds is 4. The summed E-state index contributed by atoms with van der Waals surface area (Å²) in [4.78, 5) is 8.87. The molecule has 8 aromatic rings. The smallest absolute Gasteiger partial charge is 0.124 e. The van der Waals surface area contributed by atoms with Gasteiger partial charge >= 0.3 is 0 Å². The van der Waals surface area contributed by atoms with Crippen LogP contribution in [0.25, 0.3) is 63.2 Å². The SMILES string of the molecule is c1ccc(-c2nc3c(s2)-c2ccc(N(c4ccccc4)c4cccc5sc6ccccc6c45)c4cccc-3c24)cc1. The molecule has 0 unspecified atom stereocenters. The Balaban J connectivity index is 1.30. The first-order valence-electron chi connectivity index (χ1n) is 13.7. The number of fused-ring (bicyclic) bond motifs is 6. The van der Waals surface area contributed by atoms with Gasteiger partial charge in [-0.1, -0.05) is 97.1 Å². The lowest BCUT2D eigenvalue weighted by molar-refractivity contribution is 1.32. The normalized spacial score (nSPS) is 11.9. The fourth-order valence-electron chi connectivity index (χ4n) is 6.29. The lowest BCUT2D eigenvalue weighted by Gasteiger charge is -2.28. The van der Waals surface area contributed by atoms with Crippen LogP contribution in [-0.4, -0.2) is 4.98 Å². The largest absolute Gasteiger partial charge is 0.309 e. The third-order valence-corrected chi connectivity index (χ3v) is 10.3. The molecule has 0 saturated carbocycles. The van der Waals surface area contributed by atoms with Crippen molar-refractivity contribution in [2.45, 2.75) is 0 Å². The van der Waals surface area contributed by atoms with Gasteiger partial charge in [0.05, 0.1) is 21.9 Å². The summed E-state index contributed by atoms with van der Waals surface area (Å²) in [5.41, 5.74) is 8.30. The summed E-state index contributed by atoms with van der Waals surface area (Å²) in [5, 5.41) is 6.21. The molecule has 0 fully saturated rings. The number of hydrogen-bond acceptors (Lipinski definition) is 4. The molecule has 0 radical (unpaired) electrons. The fraction of sp³-hybridized carbons (Fsp3) is 0. The van der Waals surface area contributed by atoms with Crippen molar-refractivity contribution in [1.82, 2.24) is 4.98 Å². The van der Waals surface area contributed by atoms with Crippen molar-refractivity contribution >= 4 is 70.7 Å². The van der Waals surface area contributed by atoms with Crippen LogP contribution >= 0.6 is 22.7 Å². The average Bonchev–Trinajstić information content (AvgIpc) is 3.72. The Morgan fingerprint density at radius 1 is 0.488 bits per heavy atom. The van der Waals surface area contributed by atoms with Crippen LogP contribution in [0, 0.1) is 0 Å². The van der Waals surface area contributed by atoms with Gasteiger partial charge in [0.25, 0.3) is 0 Å². The Bertz CT molecular complexity index is 2230. The Kier molecular flexibility index (Phi) is 4.97. The van der Waals surface area contributed by atoms with E-state index in [0.29, 0.717) is 0 Å². The highest BCUT2D eigenvalue weighted by Crippen LogP contribution is 2.54. The summed E-state index contributed by atoms with van der Waals surface area (Å²) < 4.78 is 2.61. The average molecular weight is 559 g/mol. The van der Waals surface area contributed by atoms with E-state index < -0.39 is 0 Å². The van der Waals surface area contributed by atoms with Gasteiger partial charge in [-0.25, -0.2) is 4.98 Å². The van der Waals surface area contributed by atoms with E-state index in [9.17, 15) is 0 Å². The molecule has 1 aliphatic rings. The molecular weight excluding hydrogens is 537 g/mol. The molecule has 41 heavy (non-hydrogen) atoms. The summed E-state index contributed by atoms with van der Waals surface area (Å²) >= 11 is 3.65. The van der Waals surface area contributed by atoms with Crippen LogP contribution in [0.15, 0.2) is 133 Å². The fourth-order valence-corrected chi connectivity index (χ4v) is 8.53. The van der Waals surface area contributed by atoms with E-state index in [-0.39, 0.29) is 0 Å². The van der Waals surface area contributed by atoms with Crippen molar-refractivity contribution in [2.24, 2.45) is 0 Å². The number of nitrogens with zero attached hydrogens (tertiary/aromatic N) is 2. The van der Waals surface area contributed by atoms with Gasteiger partial charge in [0.1, 0.15) is 5.01 Å². The second kappa shape index (κ2) is 8.87. The van der Waals surface area contributed by atoms with E-state index in [1.54, 1.807) is 11.3 Å². The minimum atomic E-state index is 1.07. The number of benzene rings is 6. The van der Waals surface area contributed by atoms with Gasteiger partial charge in [-0.05, 0) is 36.4 Å². The third kappa shape index (κ3) is 3.38. The number of anilines is 3. The maximum Gasteiger partial charge on any atom is 0.124 e. The van der Waals surface area contributed by atoms with Crippen LogP contribution in [0.1, 0.15) is 0 Å². The van der Waals surface area contributed by atoms with Crippen LogP contribution in [0.4, 0.5) is 17.1 Å². The van der Waals surface area contributed by atoms with E-state index in [4.69, 9.17) is 4.98 Å². The standard InChI is InChI=1S/C37H22N2S2/c1-3-11-23(12-4-1)37-38-35-27-17-9-16-25-29(22-21-28(33(25)27)36(35)41-37)39(24-13-5-2-6-14-24)30-18-10-20-32-34(30)26-15-7-8-19-31(26)40-32/h1-22H. The summed E-state index contributed by atoms with van der Waals surface area (Å²) in [7, 11) is 0. The van der Waals surface area contributed by atoms with E-state index in [1.165, 1.54) is 63.9 Å². The third-order valence-electron chi connectivity index (χ3n) is 8.04. The summed E-state index contributed by atoms with van der Waals surface area (Å²) in [6.07, 6.45) is 0. The summed E-state index contributed by atoms with van der Waals surface area (Å²) in [6.45, 7) is 0. The minimum absolute atomic E-state index is 1.07. The van der Waals surface area contributed by atoms with Crippen molar-refractivity contribution in [3.63, 3.8) is 0 Å². The number of aromatic nitrogens is 1. The van der Waals surface area contributed by atoms with Gasteiger partial charge in [0.2, 0.25) is 0 Å². The number of thiophene rings is 1. The highest BCUT2D eigenvalue weighted by Gasteiger charge is 2.29. The van der Waals surface area contributed by atoms with Crippen molar-refractivity contribution in [2.75, 3.05) is 4.90 Å². The maximum absolute atomic E-state index is 5.17. The van der Waals surface area contributed by atoms with Crippen molar-refractivity contribution < 1.29 is 0 Å². The maximum atomic E-state index is 5.17. The molecule has 4 heteroatoms. The predicted octanol–water partition coefficient (Wildman–Crippen LogP) is 11.4. The molecule has 0 aliphatic heterocycles. The van der Waals surface area contributed by atoms with Gasteiger partial charge < -0.3 is 4.90 Å². The first kappa shape index (κ1) is 23.0. The van der Waals surface area contributed by atoms with Gasteiger partial charge in [-0.2, -0.15) is 0 Å². The zero-order valence-electron chi connectivity index (χ0n) is 21.9. The molecule has 0 atom stereocenters. The van der Waals surface area contributed by atoms with Gasteiger partial charge in [0.15, 0.2) is 0 Å². The zero-order valence-corrected chi connectivity index (χ0v) is 23.5. The second-order valence-corrected chi connectivity index (χ2v) is 12.4. The Morgan fingerprint density at radius 3 is 2.10 bits per heavy atom. The molecule has 2 heterocycles. The first-order chi connectivity index (χ1) is 20.3. The number of para-hydroxylation sites is 1. The van der Waals surface area contributed by atoms with Crippen LogP contribution in [0.5, 0.6) is 0 Å². The van der Waals surface area contributed by atoms with E-state index in [1.807, 2.05) is 11.3 Å². The monoisotopic (exact) mass is 558 g/mol. The molecule has 192 valence electrons. The molecule has 2 nitrogen and oxygen atoms in total. The quantitative estimate of drug-likeness (QED) is 0.214. The van der Waals surface area contributed by atoms with E-state index >= 15 is 0 Å². The number of thiazole rings is 1. The van der Waals surface area contributed by atoms with E-state index in [2.05, 4.69) is 138 Å². The van der Waals surface area contributed by atoms with Gasteiger partial charge in [-0.3, -0.25) is 0 Å². The molecule has 2 aromatic heterocycles. The molecule has 0 saturated heterocycles. The molecule has 0 bridgehead atoms.